The number of azide groups is 1. The third-order valence-electron chi connectivity index (χ3n) is 11.4. The van der Waals surface area contributed by atoms with E-state index in [0.29, 0.717) is 29.1 Å². The number of anilines is 1. The van der Waals surface area contributed by atoms with Gasteiger partial charge in [-0.1, -0.05) is 44.1 Å². The van der Waals surface area contributed by atoms with Gasteiger partial charge in [-0.15, -0.1) is 0 Å². The molecule has 0 radical (unpaired) electrons. The summed E-state index contributed by atoms with van der Waals surface area (Å²) < 4.78 is 6.07. The Bertz CT molecular complexity index is 1610. The zero-order chi connectivity index (χ0) is 37.7. The largest absolute Gasteiger partial charge is 0.496 e. The molecule has 3 N–H and O–H groups in total. The number of nitrogens with one attached hydrogen (secondary N) is 2. The molecular weight excluding hydrogens is 660 g/mol. The van der Waals surface area contributed by atoms with Crippen molar-refractivity contribution in [3.05, 3.63) is 58.0 Å². The number of nitrogens with zero attached hydrogens (tertiary/aromatic N) is 6. The number of carbonyl (C=O) groups is 2. The van der Waals surface area contributed by atoms with Gasteiger partial charge in [0.05, 0.1) is 32.4 Å². The Morgan fingerprint density at radius 2 is 1.92 bits per heavy atom. The summed E-state index contributed by atoms with van der Waals surface area (Å²) in [5.74, 6) is 0.969. The molecule has 0 unspecified atom stereocenters. The van der Waals surface area contributed by atoms with Gasteiger partial charge in [0.15, 0.2) is 0 Å². The standard InChI is InChI=1S/C39H58N8O5/c1-23(2)26-13-12-24(3)33(19-26)43-39(50)36-35(25(4)48)34(20-41-44-40)52-47(36)21-27-10-9-11-32(37(27)51-8)28-16-29(18-31(17-28)45(5)6)38(49)42-30-14-15-46(7)22-30/h9-11,16-18,23-26,30,33-36,48H,12-15,19-22H2,1-8H3,(H,42,49)(H,43,50)/t24-,25-,26-,30+,33-,34-,35+,36-/m0/s1. The summed E-state index contributed by atoms with van der Waals surface area (Å²) in [6.07, 6.45) is 2.38. The molecule has 2 saturated heterocycles. The van der Waals surface area contributed by atoms with Gasteiger partial charge < -0.3 is 30.3 Å². The number of hydrogen-bond donors (Lipinski definition) is 3. The SMILES string of the molecule is COc1c(CN2O[C@@H](CN=[N+]=[N-])[C@@H]([C@H](C)O)[C@H]2C(=O)N[C@H]2C[C@@H](C(C)C)CC[C@@H]2C)cccc1-c1cc(C(=O)N[C@@H]2CCN(C)C2)cc(N(C)C)c1. The summed E-state index contributed by atoms with van der Waals surface area (Å²) in [6, 6.07) is 10.9. The van der Waals surface area contributed by atoms with Crippen LogP contribution in [-0.2, 0) is 16.2 Å². The van der Waals surface area contributed by atoms with E-state index in [2.05, 4.69) is 53.4 Å². The van der Waals surface area contributed by atoms with Crippen molar-refractivity contribution in [2.24, 2.45) is 28.8 Å². The van der Waals surface area contributed by atoms with Gasteiger partial charge >= 0.3 is 0 Å². The zero-order valence-electron chi connectivity index (χ0n) is 32.1. The van der Waals surface area contributed by atoms with Crippen molar-refractivity contribution < 1.29 is 24.3 Å². The average molecular weight is 719 g/mol. The highest BCUT2D eigenvalue weighted by atomic mass is 16.7. The number of aliphatic hydroxyl groups excluding tert-OH is 1. The quantitative estimate of drug-likeness (QED) is 0.145. The number of hydroxylamine groups is 2. The van der Waals surface area contributed by atoms with Gasteiger partial charge in [-0.3, -0.25) is 14.4 Å². The van der Waals surface area contributed by atoms with Gasteiger partial charge in [0.25, 0.3) is 5.91 Å². The molecule has 2 aromatic carbocycles. The molecule has 2 aliphatic heterocycles. The van der Waals surface area contributed by atoms with E-state index in [4.69, 9.17) is 15.1 Å². The van der Waals surface area contributed by atoms with E-state index in [1.54, 1.807) is 19.1 Å². The third-order valence-corrected chi connectivity index (χ3v) is 11.4. The van der Waals surface area contributed by atoms with Crippen molar-refractivity contribution in [2.45, 2.75) is 90.3 Å². The molecule has 3 fully saturated rings. The number of likely N-dealkylation sites (N-methyl/N-ethyl adjacent to an activating group) is 1. The lowest BCUT2D eigenvalue weighted by Gasteiger charge is -2.38. The Hall–Kier alpha value is -3.87. The van der Waals surface area contributed by atoms with Crippen LogP contribution < -0.4 is 20.3 Å². The molecule has 52 heavy (non-hydrogen) atoms. The number of likely N-dealkylation sites (tertiary alicyclic amines) is 1. The molecule has 13 heteroatoms. The maximum absolute atomic E-state index is 14.3. The number of hydrogen-bond acceptors (Lipinski definition) is 9. The molecule has 284 valence electrons. The van der Waals surface area contributed by atoms with Crippen molar-refractivity contribution in [3.8, 4) is 16.9 Å². The van der Waals surface area contributed by atoms with E-state index in [-0.39, 0.29) is 37.0 Å². The molecule has 2 aromatic rings. The van der Waals surface area contributed by atoms with Gasteiger partial charge in [0.1, 0.15) is 11.8 Å². The van der Waals surface area contributed by atoms with Crippen LogP contribution in [0.5, 0.6) is 5.75 Å². The highest BCUT2D eigenvalue weighted by Crippen LogP contribution is 2.40. The second kappa shape index (κ2) is 17.3. The Balaban J connectivity index is 1.47. The first-order valence-corrected chi connectivity index (χ1v) is 18.7. The summed E-state index contributed by atoms with van der Waals surface area (Å²) in [7, 11) is 7.55. The van der Waals surface area contributed by atoms with Crippen molar-refractivity contribution in [1.29, 1.82) is 0 Å². The average Bonchev–Trinajstić information content (AvgIpc) is 3.69. The van der Waals surface area contributed by atoms with Crippen LogP contribution >= 0.6 is 0 Å². The molecule has 3 aliphatic rings. The summed E-state index contributed by atoms with van der Waals surface area (Å²) in [5.41, 5.74) is 12.9. The molecule has 2 amide bonds. The van der Waals surface area contributed by atoms with Gasteiger partial charge in [-0.05, 0) is 93.2 Å². The van der Waals surface area contributed by atoms with E-state index < -0.39 is 24.2 Å². The second-order valence-corrected chi connectivity index (χ2v) is 15.7. The molecule has 1 saturated carbocycles. The Labute approximate surface area is 308 Å². The Morgan fingerprint density at radius 3 is 2.56 bits per heavy atom. The smallest absolute Gasteiger partial charge is 0.251 e. The zero-order valence-corrected chi connectivity index (χ0v) is 32.1. The maximum atomic E-state index is 14.3. The number of amides is 2. The van der Waals surface area contributed by atoms with Crippen LogP contribution in [0.25, 0.3) is 21.6 Å². The number of aliphatic hydroxyl groups is 1. The molecule has 0 bridgehead atoms. The highest BCUT2D eigenvalue weighted by molar-refractivity contribution is 5.97. The number of carbonyl (C=O) groups excluding carboxylic acids is 2. The van der Waals surface area contributed by atoms with Crippen LogP contribution in [0, 0.1) is 23.7 Å². The molecule has 13 nitrogen and oxygen atoms in total. The molecule has 8 atom stereocenters. The van der Waals surface area contributed by atoms with E-state index in [1.165, 1.54) is 0 Å². The summed E-state index contributed by atoms with van der Waals surface area (Å²) in [4.78, 5) is 41.4. The van der Waals surface area contributed by atoms with Crippen molar-refractivity contribution in [3.63, 3.8) is 0 Å². The van der Waals surface area contributed by atoms with Crippen LogP contribution in [0.4, 0.5) is 5.69 Å². The van der Waals surface area contributed by atoms with Gasteiger partial charge in [-0.25, -0.2) is 0 Å². The number of rotatable bonds is 13. The van der Waals surface area contributed by atoms with E-state index >= 15 is 0 Å². The van der Waals surface area contributed by atoms with Gasteiger partial charge in [0.2, 0.25) is 5.91 Å². The fourth-order valence-electron chi connectivity index (χ4n) is 8.25. The summed E-state index contributed by atoms with van der Waals surface area (Å²) >= 11 is 0. The minimum Gasteiger partial charge on any atom is -0.496 e. The molecule has 2 heterocycles. The fourth-order valence-corrected chi connectivity index (χ4v) is 8.25. The van der Waals surface area contributed by atoms with Gasteiger partial charge in [0, 0.05) is 65.9 Å². The van der Waals surface area contributed by atoms with Crippen LogP contribution in [-0.4, -0.2) is 105 Å². The summed E-state index contributed by atoms with van der Waals surface area (Å²) in [5, 5.41) is 23.0. The first-order chi connectivity index (χ1) is 24.8. The minimum absolute atomic E-state index is 0.00383. The lowest BCUT2D eigenvalue weighted by molar-refractivity contribution is -0.174. The second-order valence-electron chi connectivity index (χ2n) is 15.7. The number of ether oxygens (including phenoxy) is 1. The predicted molar refractivity (Wildman–Crippen MR) is 203 cm³/mol. The van der Waals surface area contributed by atoms with E-state index in [9.17, 15) is 14.7 Å². The van der Waals surface area contributed by atoms with Crippen LogP contribution in [0.2, 0.25) is 0 Å². The molecule has 0 aromatic heterocycles. The first-order valence-electron chi connectivity index (χ1n) is 18.7. The molecular formula is C39H58N8O5. The van der Waals surface area contributed by atoms with Crippen LogP contribution in [0.3, 0.4) is 0 Å². The fraction of sp³-hybridized carbons (Fsp3) is 0.641. The minimum atomic E-state index is -0.914. The summed E-state index contributed by atoms with van der Waals surface area (Å²) in [6.45, 7) is 10.2. The van der Waals surface area contributed by atoms with E-state index in [0.717, 1.165) is 61.2 Å². The van der Waals surface area contributed by atoms with Crippen molar-refractivity contribution in [2.75, 3.05) is 52.8 Å². The number of benzene rings is 2. The van der Waals surface area contributed by atoms with Crippen molar-refractivity contribution >= 4 is 17.5 Å². The van der Waals surface area contributed by atoms with Crippen LogP contribution in [0.1, 0.15) is 69.3 Å². The van der Waals surface area contributed by atoms with E-state index in [1.807, 2.05) is 55.4 Å². The lowest BCUT2D eigenvalue weighted by atomic mass is 9.74. The third kappa shape index (κ3) is 9.01. The van der Waals surface area contributed by atoms with Crippen molar-refractivity contribution in [1.82, 2.24) is 20.6 Å². The van der Waals surface area contributed by atoms with Gasteiger partial charge in [-0.2, -0.15) is 5.06 Å². The predicted octanol–water partition coefficient (Wildman–Crippen LogP) is 5.23. The number of methoxy groups -OCH3 is 1. The Morgan fingerprint density at radius 1 is 1.15 bits per heavy atom. The topological polar surface area (TPSA) is 155 Å². The monoisotopic (exact) mass is 718 g/mol. The maximum Gasteiger partial charge on any atom is 0.251 e. The number of para-hydroxylation sites is 1. The normalized spacial score (nSPS) is 27.2. The first kappa shape index (κ1) is 39.3. The highest BCUT2D eigenvalue weighted by Gasteiger charge is 2.50. The van der Waals surface area contributed by atoms with Crippen LogP contribution in [0.15, 0.2) is 41.5 Å². The molecule has 1 aliphatic carbocycles. The lowest BCUT2D eigenvalue weighted by Crippen LogP contribution is -2.53. The Kier molecular flexibility index (Phi) is 13.1. The molecule has 0 spiro atoms. The molecule has 5 rings (SSSR count).